The molecule has 0 aliphatic rings. The van der Waals surface area contributed by atoms with Crippen molar-refractivity contribution in [2.24, 2.45) is 0 Å². The lowest BCUT2D eigenvalue weighted by atomic mass is 10.1. The van der Waals surface area contributed by atoms with Crippen molar-refractivity contribution in [3.63, 3.8) is 0 Å². The third kappa shape index (κ3) is 7.63. The van der Waals surface area contributed by atoms with Gasteiger partial charge in [-0.3, -0.25) is 25.2 Å². The van der Waals surface area contributed by atoms with E-state index in [9.17, 15) is 14.4 Å². The molecule has 9 heteroatoms. The van der Waals surface area contributed by atoms with Crippen molar-refractivity contribution in [1.82, 2.24) is 10.9 Å². The zero-order valence-corrected chi connectivity index (χ0v) is 17.5. The van der Waals surface area contributed by atoms with Crippen molar-refractivity contribution in [1.29, 1.82) is 0 Å². The number of carbonyl (C=O) groups is 3. The van der Waals surface area contributed by atoms with Crippen LogP contribution in [-0.2, 0) is 14.4 Å². The minimum absolute atomic E-state index is 0.0837. The van der Waals surface area contributed by atoms with Crippen LogP contribution in [0.25, 0.3) is 0 Å². The summed E-state index contributed by atoms with van der Waals surface area (Å²) in [5, 5.41) is 3.34. The molecule has 0 aromatic heterocycles. The molecule has 0 atom stereocenters. The highest BCUT2D eigenvalue weighted by molar-refractivity contribution is 6.36. The molecule has 0 spiro atoms. The maximum Gasteiger partial charge on any atom is 0.276 e. The van der Waals surface area contributed by atoms with Crippen LogP contribution in [0.1, 0.15) is 24.0 Å². The van der Waals surface area contributed by atoms with Crippen molar-refractivity contribution in [2.75, 3.05) is 11.9 Å². The van der Waals surface area contributed by atoms with Crippen molar-refractivity contribution in [2.45, 2.75) is 26.7 Å². The van der Waals surface area contributed by atoms with Gasteiger partial charge < -0.3 is 10.1 Å². The molecule has 2 rings (SSSR count). The number of benzene rings is 2. The smallest absolute Gasteiger partial charge is 0.276 e. The van der Waals surface area contributed by atoms with Gasteiger partial charge in [0, 0.05) is 17.9 Å². The Hall–Kier alpha value is -2.77. The minimum atomic E-state index is -0.517. The molecule has 2 aromatic rings. The first-order valence-electron chi connectivity index (χ1n) is 8.77. The van der Waals surface area contributed by atoms with Crippen molar-refractivity contribution < 1.29 is 19.1 Å². The highest BCUT2D eigenvalue weighted by Gasteiger charge is 2.11. The molecule has 0 fully saturated rings. The predicted octanol–water partition coefficient (Wildman–Crippen LogP) is 3.56. The molecular formula is C20H21Cl2N3O4. The first kappa shape index (κ1) is 22.5. The van der Waals surface area contributed by atoms with Crippen LogP contribution < -0.4 is 20.9 Å². The van der Waals surface area contributed by atoms with Gasteiger partial charge in [0.2, 0.25) is 11.8 Å². The van der Waals surface area contributed by atoms with E-state index >= 15 is 0 Å². The van der Waals surface area contributed by atoms with Crippen LogP contribution in [-0.4, -0.2) is 24.3 Å². The second kappa shape index (κ2) is 10.7. The molecule has 29 heavy (non-hydrogen) atoms. The fraction of sp³-hybridized carbons (Fsp3) is 0.250. The van der Waals surface area contributed by atoms with Gasteiger partial charge in [-0.05, 0) is 49.2 Å². The molecule has 0 aliphatic heterocycles. The van der Waals surface area contributed by atoms with Gasteiger partial charge in [-0.25, -0.2) is 0 Å². The van der Waals surface area contributed by atoms with Gasteiger partial charge in [0.25, 0.3) is 5.91 Å². The van der Waals surface area contributed by atoms with E-state index in [1.807, 2.05) is 32.0 Å². The van der Waals surface area contributed by atoms with E-state index in [0.29, 0.717) is 21.5 Å². The van der Waals surface area contributed by atoms with Gasteiger partial charge in [-0.2, -0.15) is 0 Å². The molecule has 2 aromatic carbocycles. The van der Waals surface area contributed by atoms with E-state index in [1.54, 1.807) is 12.1 Å². The molecule has 0 heterocycles. The van der Waals surface area contributed by atoms with Crippen LogP contribution in [0.2, 0.25) is 10.0 Å². The third-order valence-electron chi connectivity index (χ3n) is 3.83. The van der Waals surface area contributed by atoms with E-state index in [4.69, 9.17) is 27.9 Å². The molecule has 3 N–H and O–H groups in total. The quantitative estimate of drug-likeness (QED) is 0.576. The SMILES string of the molecule is Cc1ccc(C)c(OCC(=O)NNC(=O)CCC(=O)Nc2ccc(Cl)cc2Cl)c1. The Morgan fingerprint density at radius 2 is 1.59 bits per heavy atom. The Balaban J connectivity index is 1.69. The molecule has 0 radical (unpaired) electrons. The van der Waals surface area contributed by atoms with Crippen molar-refractivity contribution in [3.8, 4) is 5.75 Å². The Morgan fingerprint density at radius 1 is 0.897 bits per heavy atom. The van der Waals surface area contributed by atoms with E-state index < -0.39 is 17.7 Å². The van der Waals surface area contributed by atoms with Gasteiger partial charge in [-0.1, -0.05) is 35.3 Å². The molecule has 0 saturated carbocycles. The fourth-order valence-electron chi connectivity index (χ4n) is 2.27. The average Bonchev–Trinajstić information content (AvgIpc) is 2.67. The lowest BCUT2D eigenvalue weighted by molar-refractivity contribution is -0.130. The molecule has 0 unspecified atom stereocenters. The summed E-state index contributed by atoms with van der Waals surface area (Å²) < 4.78 is 5.45. The van der Waals surface area contributed by atoms with Crippen LogP contribution in [0.3, 0.4) is 0 Å². The van der Waals surface area contributed by atoms with Gasteiger partial charge in [0.05, 0.1) is 10.7 Å². The first-order valence-corrected chi connectivity index (χ1v) is 9.53. The molecule has 0 saturated heterocycles. The predicted molar refractivity (Wildman–Crippen MR) is 112 cm³/mol. The summed E-state index contributed by atoms with van der Waals surface area (Å²) >= 11 is 11.8. The maximum absolute atomic E-state index is 11.9. The van der Waals surface area contributed by atoms with Gasteiger partial charge in [-0.15, -0.1) is 0 Å². The Morgan fingerprint density at radius 3 is 2.31 bits per heavy atom. The van der Waals surface area contributed by atoms with Crippen molar-refractivity contribution >= 4 is 46.6 Å². The number of hydrogen-bond donors (Lipinski definition) is 3. The fourth-order valence-corrected chi connectivity index (χ4v) is 2.73. The maximum atomic E-state index is 11.9. The monoisotopic (exact) mass is 437 g/mol. The third-order valence-corrected chi connectivity index (χ3v) is 4.38. The lowest BCUT2D eigenvalue weighted by Crippen LogP contribution is -2.44. The number of hydrazine groups is 1. The number of nitrogens with one attached hydrogen (secondary N) is 3. The van der Waals surface area contributed by atoms with Crippen molar-refractivity contribution in [3.05, 3.63) is 57.6 Å². The summed E-state index contributed by atoms with van der Waals surface area (Å²) in [5.74, 6) is -0.822. The van der Waals surface area contributed by atoms with Gasteiger partial charge in [0.15, 0.2) is 6.61 Å². The highest BCUT2D eigenvalue weighted by Crippen LogP contribution is 2.25. The largest absolute Gasteiger partial charge is 0.483 e. The van der Waals surface area contributed by atoms with Crippen LogP contribution in [0.5, 0.6) is 5.75 Å². The molecule has 0 bridgehead atoms. The van der Waals surface area contributed by atoms with E-state index in [-0.39, 0.29) is 19.4 Å². The van der Waals surface area contributed by atoms with E-state index in [1.165, 1.54) is 6.07 Å². The molecule has 3 amide bonds. The van der Waals surface area contributed by atoms with E-state index in [0.717, 1.165) is 11.1 Å². The number of halogens is 2. The topological polar surface area (TPSA) is 96.5 Å². The Bertz CT molecular complexity index is 919. The van der Waals surface area contributed by atoms with Gasteiger partial charge in [0.1, 0.15) is 5.75 Å². The van der Waals surface area contributed by atoms with Gasteiger partial charge >= 0.3 is 0 Å². The normalized spacial score (nSPS) is 10.2. The second-order valence-corrected chi connectivity index (χ2v) is 7.17. The summed E-state index contributed by atoms with van der Waals surface area (Å²) in [6.07, 6.45) is -0.200. The zero-order valence-electron chi connectivity index (χ0n) is 16.0. The first-order chi connectivity index (χ1) is 13.7. The number of ether oxygens (including phenoxy) is 1. The molecular weight excluding hydrogens is 417 g/mol. The molecule has 154 valence electrons. The summed E-state index contributed by atoms with van der Waals surface area (Å²) in [7, 11) is 0. The Kier molecular flexibility index (Phi) is 8.30. The second-order valence-electron chi connectivity index (χ2n) is 6.33. The standard InChI is InChI=1S/C20H21Cl2N3O4/c1-12-3-4-13(2)17(9-12)29-11-20(28)25-24-19(27)8-7-18(26)23-16-6-5-14(21)10-15(16)22/h3-6,9-10H,7-8,11H2,1-2H3,(H,23,26)(H,24,27)(H,25,28). The van der Waals surface area contributed by atoms with E-state index in [2.05, 4.69) is 16.2 Å². The van der Waals surface area contributed by atoms with Crippen LogP contribution in [0.15, 0.2) is 36.4 Å². The number of carbonyl (C=O) groups excluding carboxylic acids is 3. The summed E-state index contributed by atoms with van der Waals surface area (Å²) in [5.41, 5.74) is 6.80. The number of rotatable bonds is 7. The lowest BCUT2D eigenvalue weighted by Gasteiger charge is -2.11. The number of amides is 3. The number of anilines is 1. The molecule has 0 aliphatic carbocycles. The Labute approximate surface area is 178 Å². The van der Waals surface area contributed by atoms with Crippen LogP contribution in [0.4, 0.5) is 5.69 Å². The summed E-state index contributed by atoms with van der Waals surface area (Å²) in [6.45, 7) is 3.54. The van der Waals surface area contributed by atoms with Crippen LogP contribution >= 0.6 is 23.2 Å². The number of aryl methyl sites for hydroxylation is 2. The summed E-state index contributed by atoms with van der Waals surface area (Å²) in [4.78, 5) is 35.5. The zero-order chi connectivity index (χ0) is 21.4. The van der Waals surface area contributed by atoms with Crippen LogP contribution in [0, 0.1) is 13.8 Å². The number of hydrogen-bond acceptors (Lipinski definition) is 4. The average molecular weight is 438 g/mol. The highest BCUT2D eigenvalue weighted by atomic mass is 35.5. The summed E-state index contributed by atoms with van der Waals surface area (Å²) in [6, 6.07) is 10.3. The minimum Gasteiger partial charge on any atom is -0.483 e. The molecule has 7 nitrogen and oxygen atoms in total.